The Balaban J connectivity index is 2.01. The van der Waals surface area contributed by atoms with Gasteiger partial charge in [-0.05, 0) is 19.9 Å². The van der Waals surface area contributed by atoms with Crippen LogP contribution in [0.4, 0.5) is 0 Å². The maximum atomic E-state index is 12.6. The maximum Gasteiger partial charge on any atom is 0.344 e. The molecule has 3 aromatic rings. The van der Waals surface area contributed by atoms with Gasteiger partial charge < -0.3 is 9.47 Å². The quantitative estimate of drug-likeness (QED) is 0.634. The molecule has 7 heteroatoms. The highest BCUT2D eigenvalue weighted by atomic mass is 16.6. The lowest BCUT2D eigenvalue weighted by molar-refractivity contribution is -0.146. The summed E-state index contributed by atoms with van der Waals surface area (Å²) in [6.07, 6.45) is 1.58. The number of aryl methyl sites for hydroxylation is 1. The molecule has 0 spiro atoms. The fourth-order valence-corrected chi connectivity index (χ4v) is 2.61. The van der Waals surface area contributed by atoms with Gasteiger partial charge >= 0.3 is 11.9 Å². The zero-order valence-electron chi connectivity index (χ0n) is 14.6. The Hall–Kier alpha value is -3.22. The molecule has 0 bridgehead atoms. The predicted molar refractivity (Wildman–Crippen MR) is 95.6 cm³/mol. The Morgan fingerprint density at radius 3 is 2.58 bits per heavy atom. The van der Waals surface area contributed by atoms with Gasteiger partial charge in [0.15, 0.2) is 12.3 Å². The summed E-state index contributed by atoms with van der Waals surface area (Å²) in [5, 5.41) is 4.85. The lowest BCUT2D eigenvalue weighted by Crippen LogP contribution is -2.17. The summed E-state index contributed by atoms with van der Waals surface area (Å²) in [5.74, 6) is -1.20. The zero-order valence-corrected chi connectivity index (χ0v) is 14.6. The average molecular weight is 353 g/mol. The predicted octanol–water partition coefficient (Wildman–Crippen LogP) is 2.84. The number of hydrogen-bond donors (Lipinski definition) is 0. The molecule has 0 aliphatic rings. The topological polar surface area (TPSA) is 83.3 Å². The van der Waals surface area contributed by atoms with Crippen LogP contribution in [-0.2, 0) is 20.8 Å². The molecule has 2 heterocycles. The normalized spacial score (nSPS) is 10.7. The van der Waals surface area contributed by atoms with Gasteiger partial charge in [-0.25, -0.2) is 19.3 Å². The van der Waals surface area contributed by atoms with Gasteiger partial charge in [-0.1, -0.05) is 30.3 Å². The third kappa shape index (κ3) is 3.56. The van der Waals surface area contributed by atoms with Gasteiger partial charge in [0.1, 0.15) is 0 Å². The number of pyridine rings is 1. The maximum absolute atomic E-state index is 12.6. The van der Waals surface area contributed by atoms with Crippen molar-refractivity contribution in [2.75, 3.05) is 13.2 Å². The van der Waals surface area contributed by atoms with Crippen LogP contribution >= 0.6 is 0 Å². The smallest absolute Gasteiger partial charge is 0.344 e. The molecule has 0 saturated carbocycles. The van der Waals surface area contributed by atoms with Crippen molar-refractivity contribution in [3.05, 3.63) is 48.2 Å². The van der Waals surface area contributed by atoms with Crippen molar-refractivity contribution < 1.29 is 19.1 Å². The molecule has 1 aromatic carbocycles. The highest BCUT2D eigenvalue weighted by Crippen LogP contribution is 2.25. The number of nitrogens with zero attached hydrogens (tertiary/aromatic N) is 3. The molecular formula is C19H19N3O4. The SMILES string of the molecule is CCOC(=O)COC(=O)c1cc(-c2ccccc2)nc2c1cnn2CC. The lowest BCUT2D eigenvalue weighted by atomic mass is 10.1. The average Bonchev–Trinajstić information content (AvgIpc) is 3.09. The van der Waals surface area contributed by atoms with Gasteiger partial charge in [0, 0.05) is 12.1 Å². The molecule has 26 heavy (non-hydrogen) atoms. The largest absolute Gasteiger partial charge is 0.463 e. The third-order valence-corrected chi connectivity index (χ3v) is 3.82. The van der Waals surface area contributed by atoms with Gasteiger partial charge in [-0.2, -0.15) is 5.10 Å². The molecule has 0 aliphatic heterocycles. The lowest BCUT2D eigenvalue weighted by Gasteiger charge is -2.08. The van der Waals surface area contributed by atoms with Crippen molar-refractivity contribution in [1.82, 2.24) is 14.8 Å². The standard InChI is InChI=1S/C19H19N3O4/c1-3-22-18-15(11-20-22)14(19(24)26-12-17(23)25-4-2)10-16(21-18)13-8-6-5-7-9-13/h5-11H,3-4,12H2,1-2H3. The zero-order chi connectivity index (χ0) is 18.5. The van der Waals surface area contributed by atoms with Crippen LogP contribution in [0.5, 0.6) is 0 Å². The molecule has 0 amide bonds. The van der Waals surface area contributed by atoms with Crippen molar-refractivity contribution in [3.63, 3.8) is 0 Å². The summed E-state index contributed by atoms with van der Waals surface area (Å²) in [6.45, 7) is 4.06. The van der Waals surface area contributed by atoms with E-state index in [0.717, 1.165) is 5.56 Å². The van der Waals surface area contributed by atoms with Gasteiger partial charge in [0.2, 0.25) is 0 Å². The summed E-state index contributed by atoms with van der Waals surface area (Å²) < 4.78 is 11.6. The number of benzene rings is 1. The number of hydrogen-bond acceptors (Lipinski definition) is 6. The Kier molecular flexibility index (Phi) is 5.26. The second-order valence-corrected chi connectivity index (χ2v) is 5.50. The van der Waals surface area contributed by atoms with Gasteiger partial charge in [-0.15, -0.1) is 0 Å². The van der Waals surface area contributed by atoms with E-state index in [-0.39, 0.29) is 6.61 Å². The summed E-state index contributed by atoms with van der Waals surface area (Å²) in [4.78, 5) is 28.7. The van der Waals surface area contributed by atoms with E-state index in [4.69, 9.17) is 9.47 Å². The highest BCUT2D eigenvalue weighted by Gasteiger charge is 2.19. The fourth-order valence-electron chi connectivity index (χ4n) is 2.61. The summed E-state index contributed by atoms with van der Waals surface area (Å²) in [5.41, 5.74) is 2.42. The van der Waals surface area contributed by atoms with E-state index >= 15 is 0 Å². The number of esters is 2. The second-order valence-electron chi connectivity index (χ2n) is 5.50. The molecule has 0 fully saturated rings. The number of aromatic nitrogens is 3. The first-order chi connectivity index (χ1) is 12.6. The van der Waals surface area contributed by atoms with E-state index in [1.54, 1.807) is 23.9 Å². The van der Waals surface area contributed by atoms with Crippen LogP contribution in [0.25, 0.3) is 22.3 Å². The number of carbonyl (C=O) groups excluding carboxylic acids is 2. The van der Waals surface area contributed by atoms with Crippen LogP contribution in [0, 0.1) is 0 Å². The Bertz CT molecular complexity index is 935. The number of ether oxygens (including phenoxy) is 2. The fraction of sp³-hybridized carbons (Fsp3) is 0.263. The monoisotopic (exact) mass is 353 g/mol. The molecule has 0 saturated heterocycles. The molecule has 3 rings (SSSR count). The van der Waals surface area contributed by atoms with Crippen LogP contribution in [0.15, 0.2) is 42.6 Å². The van der Waals surface area contributed by atoms with E-state index in [0.29, 0.717) is 28.8 Å². The van der Waals surface area contributed by atoms with Crippen molar-refractivity contribution in [3.8, 4) is 11.3 Å². The van der Waals surface area contributed by atoms with Gasteiger partial charge in [-0.3, -0.25) is 0 Å². The van der Waals surface area contributed by atoms with Gasteiger partial charge in [0.05, 0.1) is 29.4 Å². The Labute approximate surface area is 150 Å². The van der Waals surface area contributed by atoms with Crippen molar-refractivity contribution in [1.29, 1.82) is 0 Å². The minimum atomic E-state index is -0.613. The molecule has 0 unspecified atom stereocenters. The van der Waals surface area contributed by atoms with E-state index in [2.05, 4.69) is 10.1 Å². The first-order valence-corrected chi connectivity index (χ1v) is 8.38. The van der Waals surface area contributed by atoms with Crippen LogP contribution in [-0.4, -0.2) is 39.9 Å². The highest BCUT2D eigenvalue weighted by molar-refractivity contribution is 6.04. The minimum absolute atomic E-state index is 0.233. The van der Waals surface area contributed by atoms with Crippen LogP contribution < -0.4 is 0 Å². The molecule has 0 atom stereocenters. The molecular weight excluding hydrogens is 334 g/mol. The number of carbonyl (C=O) groups is 2. The molecule has 0 aliphatic carbocycles. The van der Waals surface area contributed by atoms with Crippen LogP contribution in [0.2, 0.25) is 0 Å². The van der Waals surface area contributed by atoms with Crippen molar-refractivity contribution in [2.24, 2.45) is 0 Å². The Morgan fingerprint density at radius 1 is 1.12 bits per heavy atom. The van der Waals surface area contributed by atoms with Gasteiger partial charge in [0.25, 0.3) is 0 Å². The summed E-state index contributed by atoms with van der Waals surface area (Å²) in [6, 6.07) is 11.2. The van der Waals surface area contributed by atoms with Crippen molar-refractivity contribution in [2.45, 2.75) is 20.4 Å². The second kappa shape index (κ2) is 7.77. The van der Waals surface area contributed by atoms with E-state index in [1.165, 1.54) is 0 Å². The molecule has 134 valence electrons. The minimum Gasteiger partial charge on any atom is -0.463 e. The van der Waals surface area contributed by atoms with E-state index < -0.39 is 18.5 Å². The van der Waals surface area contributed by atoms with E-state index in [9.17, 15) is 9.59 Å². The Morgan fingerprint density at radius 2 is 1.88 bits per heavy atom. The number of rotatable bonds is 6. The third-order valence-electron chi connectivity index (χ3n) is 3.82. The summed E-state index contributed by atoms with van der Waals surface area (Å²) in [7, 11) is 0. The van der Waals surface area contributed by atoms with Crippen LogP contribution in [0.1, 0.15) is 24.2 Å². The molecule has 2 aromatic heterocycles. The molecule has 7 nitrogen and oxygen atoms in total. The first-order valence-electron chi connectivity index (χ1n) is 8.38. The summed E-state index contributed by atoms with van der Waals surface area (Å²) >= 11 is 0. The van der Waals surface area contributed by atoms with E-state index in [1.807, 2.05) is 37.3 Å². The van der Waals surface area contributed by atoms with Crippen molar-refractivity contribution >= 4 is 23.0 Å². The number of fused-ring (bicyclic) bond motifs is 1. The van der Waals surface area contributed by atoms with Crippen LogP contribution in [0.3, 0.4) is 0 Å². The first kappa shape index (κ1) is 17.6. The molecule has 0 radical (unpaired) electrons. The molecule has 0 N–H and O–H groups in total.